The van der Waals surface area contributed by atoms with Crippen LogP contribution in [0.5, 0.6) is 11.5 Å². The zero-order valence-corrected chi connectivity index (χ0v) is 16.8. The predicted molar refractivity (Wildman–Crippen MR) is 105 cm³/mol. The summed E-state index contributed by atoms with van der Waals surface area (Å²) >= 11 is 11.9. The summed E-state index contributed by atoms with van der Waals surface area (Å²) in [6.07, 6.45) is -1.49. The third kappa shape index (κ3) is 4.69. The van der Waals surface area contributed by atoms with Gasteiger partial charge in [-0.25, -0.2) is 4.79 Å². The molecule has 0 saturated heterocycles. The largest absolute Gasteiger partial charge is 0.482 e. The molecular weight excluding hydrogens is 405 g/mol. The van der Waals surface area contributed by atoms with E-state index in [1.54, 1.807) is 50.2 Å². The van der Waals surface area contributed by atoms with Gasteiger partial charge in [0.1, 0.15) is 6.10 Å². The van der Waals surface area contributed by atoms with Crippen LogP contribution >= 0.6 is 23.2 Å². The minimum Gasteiger partial charge on any atom is -0.482 e. The Morgan fingerprint density at radius 3 is 2.46 bits per heavy atom. The van der Waals surface area contributed by atoms with E-state index < -0.39 is 30.7 Å². The minimum absolute atomic E-state index is 0.332. The molecule has 28 heavy (non-hydrogen) atoms. The number of amides is 1. The molecule has 1 aliphatic rings. The predicted octanol–water partition coefficient (Wildman–Crippen LogP) is 3.94. The number of benzene rings is 2. The number of nitrogens with one attached hydrogen (secondary N) is 1. The number of para-hydroxylation sites is 2. The number of esters is 1. The first kappa shape index (κ1) is 20.3. The van der Waals surface area contributed by atoms with Crippen LogP contribution in [0.25, 0.3) is 0 Å². The Kier molecular flexibility index (Phi) is 6.31. The fourth-order valence-electron chi connectivity index (χ4n) is 2.75. The van der Waals surface area contributed by atoms with E-state index in [-0.39, 0.29) is 6.04 Å². The molecule has 148 valence electrons. The maximum absolute atomic E-state index is 12.3. The molecule has 3 unspecified atom stereocenters. The zero-order chi connectivity index (χ0) is 20.3. The number of hydrogen-bond donors (Lipinski definition) is 1. The molecule has 0 spiro atoms. The van der Waals surface area contributed by atoms with Crippen molar-refractivity contribution in [3.63, 3.8) is 0 Å². The first-order valence-corrected chi connectivity index (χ1v) is 9.44. The summed E-state index contributed by atoms with van der Waals surface area (Å²) < 4.78 is 16.4. The number of carbonyl (C=O) groups excluding carboxylic acids is 2. The number of ether oxygens (including phenoxy) is 3. The van der Waals surface area contributed by atoms with Crippen molar-refractivity contribution in [1.82, 2.24) is 5.32 Å². The average molecular weight is 424 g/mol. The van der Waals surface area contributed by atoms with E-state index in [9.17, 15) is 9.59 Å². The fourth-order valence-corrected chi connectivity index (χ4v) is 3.05. The van der Waals surface area contributed by atoms with Gasteiger partial charge >= 0.3 is 5.97 Å². The Labute approximate surface area is 172 Å². The van der Waals surface area contributed by atoms with Crippen LogP contribution in [0.1, 0.15) is 25.5 Å². The number of carbonyl (C=O) groups is 2. The second-order valence-corrected chi connectivity index (χ2v) is 7.19. The third-order valence-corrected chi connectivity index (χ3v) is 4.98. The lowest BCUT2D eigenvalue weighted by molar-refractivity contribution is -0.160. The van der Waals surface area contributed by atoms with Crippen LogP contribution in [0.4, 0.5) is 0 Å². The average Bonchev–Trinajstić information content (AvgIpc) is 2.67. The Morgan fingerprint density at radius 2 is 1.79 bits per heavy atom. The van der Waals surface area contributed by atoms with E-state index in [2.05, 4.69) is 5.32 Å². The van der Waals surface area contributed by atoms with Crippen LogP contribution in [-0.2, 0) is 14.3 Å². The summed E-state index contributed by atoms with van der Waals surface area (Å²) in [5.74, 6) is -0.0940. The zero-order valence-electron chi connectivity index (χ0n) is 15.3. The second-order valence-electron chi connectivity index (χ2n) is 6.38. The molecule has 1 heterocycles. The van der Waals surface area contributed by atoms with Gasteiger partial charge in [-0.1, -0.05) is 41.4 Å². The van der Waals surface area contributed by atoms with E-state index >= 15 is 0 Å². The SMILES string of the molecule is CC(NC(=O)COC(=O)C1Oc2ccccc2OC1C)c1ccc(Cl)c(Cl)c1. The van der Waals surface area contributed by atoms with Crippen LogP contribution in [0.2, 0.25) is 10.0 Å². The molecule has 1 N–H and O–H groups in total. The maximum atomic E-state index is 12.3. The van der Waals surface area contributed by atoms with Gasteiger partial charge in [-0.15, -0.1) is 0 Å². The third-order valence-electron chi connectivity index (χ3n) is 4.24. The van der Waals surface area contributed by atoms with Crippen molar-refractivity contribution in [3.05, 3.63) is 58.1 Å². The van der Waals surface area contributed by atoms with Crippen molar-refractivity contribution in [2.75, 3.05) is 6.61 Å². The van der Waals surface area contributed by atoms with E-state index in [1.165, 1.54) is 0 Å². The van der Waals surface area contributed by atoms with Gasteiger partial charge in [-0.3, -0.25) is 4.79 Å². The number of halogens is 2. The quantitative estimate of drug-likeness (QED) is 0.737. The van der Waals surface area contributed by atoms with Crippen molar-refractivity contribution < 1.29 is 23.8 Å². The lowest BCUT2D eigenvalue weighted by Gasteiger charge is -2.30. The number of rotatable bonds is 5. The number of hydrogen-bond acceptors (Lipinski definition) is 5. The van der Waals surface area contributed by atoms with E-state index in [4.69, 9.17) is 37.4 Å². The van der Waals surface area contributed by atoms with Gasteiger partial charge < -0.3 is 19.5 Å². The minimum atomic E-state index is -0.949. The summed E-state index contributed by atoms with van der Waals surface area (Å²) in [6, 6.07) is 11.8. The van der Waals surface area contributed by atoms with Crippen LogP contribution in [0.15, 0.2) is 42.5 Å². The highest BCUT2D eigenvalue weighted by atomic mass is 35.5. The summed E-state index contributed by atoms with van der Waals surface area (Å²) in [7, 11) is 0. The molecule has 1 aliphatic heterocycles. The molecule has 1 amide bonds. The van der Waals surface area contributed by atoms with Crippen LogP contribution < -0.4 is 14.8 Å². The van der Waals surface area contributed by atoms with Crippen LogP contribution in [0, 0.1) is 0 Å². The van der Waals surface area contributed by atoms with Crippen molar-refractivity contribution in [3.8, 4) is 11.5 Å². The molecule has 0 aliphatic carbocycles. The molecular formula is C20H19Cl2NO5. The highest BCUT2D eigenvalue weighted by Crippen LogP contribution is 2.33. The van der Waals surface area contributed by atoms with Crippen molar-refractivity contribution in [2.45, 2.75) is 32.1 Å². The Bertz CT molecular complexity index is 889. The molecule has 3 atom stereocenters. The smallest absolute Gasteiger partial charge is 0.351 e. The monoisotopic (exact) mass is 423 g/mol. The van der Waals surface area contributed by atoms with Crippen molar-refractivity contribution in [1.29, 1.82) is 0 Å². The summed E-state index contributed by atoms with van der Waals surface area (Å²) in [4.78, 5) is 24.4. The lowest BCUT2D eigenvalue weighted by Crippen LogP contribution is -2.45. The Hall–Kier alpha value is -2.44. The second kappa shape index (κ2) is 8.71. The molecule has 0 fully saturated rings. The standard InChI is InChI=1S/C20H19Cl2NO5/c1-11(13-7-8-14(21)15(22)9-13)23-18(24)10-26-20(25)19-12(2)27-16-5-3-4-6-17(16)28-19/h3-9,11-12,19H,10H2,1-2H3,(H,23,24). The summed E-state index contributed by atoms with van der Waals surface area (Å²) in [6.45, 7) is 3.06. The molecule has 0 bridgehead atoms. The van der Waals surface area contributed by atoms with Gasteiger partial charge in [0.05, 0.1) is 16.1 Å². The molecule has 3 rings (SSSR count). The van der Waals surface area contributed by atoms with Gasteiger partial charge in [0.15, 0.2) is 18.1 Å². The number of fused-ring (bicyclic) bond motifs is 1. The van der Waals surface area contributed by atoms with E-state index in [0.717, 1.165) is 5.56 Å². The van der Waals surface area contributed by atoms with Crippen molar-refractivity contribution >= 4 is 35.1 Å². The molecule has 2 aromatic carbocycles. The lowest BCUT2D eigenvalue weighted by atomic mass is 10.1. The van der Waals surface area contributed by atoms with Gasteiger partial charge in [-0.2, -0.15) is 0 Å². The first-order valence-electron chi connectivity index (χ1n) is 8.68. The molecule has 6 nitrogen and oxygen atoms in total. The fraction of sp³-hybridized carbons (Fsp3) is 0.300. The van der Waals surface area contributed by atoms with Gasteiger partial charge in [0, 0.05) is 0 Å². The Balaban J connectivity index is 1.53. The molecule has 8 heteroatoms. The molecule has 0 aromatic heterocycles. The van der Waals surface area contributed by atoms with Gasteiger partial charge in [0.2, 0.25) is 6.10 Å². The molecule has 2 aromatic rings. The summed E-state index contributed by atoms with van der Waals surface area (Å²) in [5.41, 5.74) is 0.781. The first-order chi connectivity index (χ1) is 13.3. The molecule has 0 saturated carbocycles. The molecule has 0 radical (unpaired) electrons. The normalized spacial score (nSPS) is 18.9. The maximum Gasteiger partial charge on any atom is 0.351 e. The van der Waals surface area contributed by atoms with E-state index in [0.29, 0.717) is 21.5 Å². The highest BCUT2D eigenvalue weighted by molar-refractivity contribution is 6.42. The van der Waals surface area contributed by atoms with Crippen molar-refractivity contribution in [2.24, 2.45) is 0 Å². The van der Waals surface area contributed by atoms with E-state index in [1.807, 2.05) is 6.07 Å². The Morgan fingerprint density at radius 1 is 1.11 bits per heavy atom. The summed E-state index contributed by atoms with van der Waals surface area (Å²) in [5, 5.41) is 3.57. The van der Waals surface area contributed by atoms with Crippen LogP contribution in [0.3, 0.4) is 0 Å². The van der Waals surface area contributed by atoms with Gasteiger partial charge in [-0.05, 0) is 43.7 Å². The highest BCUT2D eigenvalue weighted by Gasteiger charge is 2.35. The topological polar surface area (TPSA) is 73.9 Å². The van der Waals surface area contributed by atoms with Gasteiger partial charge in [0.25, 0.3) is 5.91 Å². The van der Waals surface area contributed by atoms with Crippen LogP contribution in [-0.4, -0.2) is 30.7 Å².